The highest BCUT2D eigenvalue weighted by Crippen LogP contribution is 2.38. The summed E-state index contributed by atoms with van der Waals surface area (Å²) < 4.78 is 1.77. The van der Waals surface area contributed by atoms with Gasteiger partial charge in [-0.1, -0.05) is 60.1 Å². The molecule has 0 saturated carbocycles. The van der Waals surface area contributed by atoms with E-state index in [1.165, 1.54) is 4.90 Å². The lowest BCUT2D eigenvalue weighted by Gasteiger charge is -2.14. The summed E-state index contributed by atoms with van der Waals surface area (Å²) in [4.78, 5) is 27.5. The van der Waals surface area contributed by atoms with Crippen LogP contribution in [-0.4, -0.2) is 20.9 Å². The molecule has 0 radical (unpaired) electrons. The molecule has 7 heteroatoms. The molecule has 1 saturated heterocycles. The van der Waals surface area contributed by atoms with Crippen LogP contribution in [0.1, 0.15) is 11.1 Å². The largest absolute Gasteiger partial charge is 0.298 e. The summed E-state index contributed by atoms with van der Waals surface area (Å²) >= 11 is 7.00. The molecule has 5 nitrogen and oxygen atoms in total. The maximum atomic E-state index is 13.2. The molecule has 0 atom stereocenters. The van der Waals surface area contributed by atoms with Crippen molar-refractivity contribution in [3.63, 3.8) is 0 Å². The zero-order valence-corrected chi connectivity index (χ0v) is 19.2. The highest BCUT2D eigenvalue weighted by molar-refractivity contribution is 8.19. The van der Waals surface area contributed by atoms with E-state index in [-0.39, 0.29) is 11.1 Å². The minimum absolute atomic E-state index is 0.316. The first-order chi connectivity index (χ1) is 16.0. The van der Waals surface area contributed by atoms with Crippen LogP contribution in [0.5, 0.6) is 0 Å². The Morgan fingerprint density at radius 1 is 0.909 bits per heavy atom. The quantitative estimate of drug-likeness (QED) is 0.309. The van der Waals surface area contributed by atoms with Gasteiger partial charge in [0, 0.05) is 22.3 Å². The fraction of sp³-hybridized carbons (Fsp3) is 0.0385. The van der Waals surface area contributed by atoms with Gasteiger partial charge in [0.15, 0.2) is 0 Å². The molecule has 162 valence electrons. The summed E-state index contributed by atoms with van der Waals surface area (Å²) in [6.07, 6.45) is 3.60. The van der Waals surface area contributed by atoms with Gasteiger partial charge in [0.05, 0.1) is 22.0 Å². The number of carbonyl (C=O) groups is 2. The van der Waals surface area contributed by atoms with Crippen molar-refractivity contribution in [2.75, 3.05) is 4.90 Å². The molecule has 1 aliphatic heterocycles. The molecule has 0 N–H and O–H groups in total. The van der Waals surface area contributed by atoms with Gasteiger partial charge in [-0.05, 0) is 60.7 Å². The second kappa shape index (κ2) is 8.73. The Bertz CT molecular complexity index is 1390. The lowest BCUT2D eigenvalue weighted by Crippen LogP contribution is -2.28. The summed E-state index contributed by atoms with van der Waals surface area (Å²) in [6.45, 7) is 1.88. The molecular formula is C26H18ClN3O2S. The SMILES string of the molecule is Cc1ccccc1N1C(=O)S/C(=C\c2cn(-c3ccccc3)nc2-c2ccc(Cl)cc2)C1=O. The predicted molar refractivity (Wildman–Crippen MR) is 134 cm³/mol. The van der Waals surface area contributed by atoms with Gasteiger partial charge in [-0.15, -0.1) is 0 Å². The Balaban J connectivity index is 1.59. The van der Waals surface area contributed by atoms with E-state index in [0.717, 1.165) is 34.1 Å². The van der Waals surface area contributed by atoms with E-state index in [9.17, 15) is 9.59 Å². The number of nitrogens with zero attached hydrogens (tertiary/aromatic N) is 3. The molecule has 4 aromatic rings. The van der Waals surface area contributed by atoms with Crippen molar-refractivity contribution in [3.05, 3.63) is 106 Å². The first-order valence-corrected chi connectivity index (χ1v) is 11.5. The van der Waals surface area contributed by atoms with E-state index in [0.29, 0.717) is 21.3 Å². The lowest BCUT2D eigenvalue weighted by molar-refractivity contribution is -0.113. The Morgan fingerprint density at radius 2 is 1.61 bits per heavy atom. The number of carbonyl (C=O) groups excluding carboxylic acids is 2. The van der Waals surface area contributed by atoms with Crippen LogP contribution >= 0.6 is 23.4 Å². The number of imide groups is 1. The van der Waals surface area contributed by atoms with Crippen LogP contribution in [0.2, 0.25) is 5.02 Å². The molecule has 1 aliphatic rings. The van der Waals surface area contributed by atoms with Crippen molar-refractivity contribution in [2.24, 2.45) is 0 Å². The minimum Gasteiger partial charge on any atom is -0.268 e. The third kappa shape index (κ3) is 4.11. The van der Waals surface area contributed by atoms with Gasteiger partial charge < -0.3 is 0 Å². The van der Waals surface area contributed by atoms with Gasteiger partial charge in [-0.25, -0.2) is 9.58 Å². The van der Waals surface area contributed by atoms with Crippen molar-refractivity contribution in [2.45, 2.75) is 6.92 Å². The average molecular weight is 472 g/mol. The normalized spacial score (nSPS) is 15.0. The molecule has 33 heavy (non-hydrogen) atoms. The highest BCUT2D eigenvalue weighted by Gasteiger charge is 2.37. The van der Waals surface area contributed by atoms with Crippen LogP contribution in [-0.2, 0) is 4.79 Å². The zero-order chi connectivity index (χ0) is 22.9. The topological polar surface area (TPSA) is 55.2 Å². The van der Waals surface area contributed by atoms with Crippen LogP contribution < -0.4 is 4.90 Å². The van der Waals surface area contributed by atoms with Crippen molar-refractivity contribution >= 4 is 46.3 Å². The fourth-order valence-electron chi connectivity index (χ4n) is 3.67. The first-order valence-electron chi connectivity index (χ1n) is 10.3. The number of para-hydroxylation sites is 2. The van der Waals surface area contributed by atoms with Crippen LogP contribution in [0.3, 0.4) is 0 Å². The number of amides is 2. The van der Waals surface area contributed by atoms with E-state index in [2.05, 4.69) is 0 Å². The molecule has 0 spiro atoms. The Kier molecular flexibility index (Phi) is 5.62. The van der Waals surface area contributed by atoms with Gasteiger partial charge in [0.2, 0.25) is 0 Å². The van der Waals surface area contributed by atoms with Gasteiger partial charge >= 0.3 is 0 Å². The van der Waals surface area contributed by atoms with Crippen molar-refractivity contribution < 1.29 is 9.59 Å². The number of hydrogen-bond acceptors (Lipinski definition) is 4. The van der Waals surface area contributed by atoms with E-state index < -0.39 is 0 Å². The van der Waals surface area contributed by atoms with Crippen molar-refractivity contribution in [3.8, 4) is 16.9 Å². The van der Waals surface area contributed by atoms with Crippen molar-refractivity contribution in [1.82, 2.24) is 9.78 Å². The molecule has 1 fully saturated rings. The first kappa shape index (κ1) is 21.2. The Labute approximate surface area is 200 Å². The molecule has 0 aliphatic carbocycles. The zero-order valence-electron chi connectivity index (χ0n) is 17.6. The second-order valence-corrected chi connectivity index (χ2v) is 8.95. The van der Waals surface area contributed by atoms with Crippen LogP contribution in [0, 0.1) is 6.92 Å². The van der Waals surface area contributed by atoms with E-state index >= 15 is 0 Å². The van der Waals surface area contributed by atoms with Gasteiger partial charge in [-0.3, -0.25) is 9.59 Å². The lowest BCUT2D eigenvalue weighted by atomic mass is 10.1. The van der Waals surface area contributed by atoms with E-state index in [1.54, 1.807) is 29.0 Å². The number of aromatic nitrogens is 2. The van der Waals surface area contributed by atoms with Crippen LogP contribution in [0.15, 0.2) is 90.0 Å². The molecule has 1 aromatic heterocycles. The van der Waals surface area contributed by atoms with E-state index in [4.69, 9.17) is 16.7 Å². The number of aryl methyl sites for hydroxylation is 1. The summed E-state index contributed by atoms with van der Waals surface area (Å²) in [7, 11) is 0. The minimum atomic E-state index is -0.339. The number of hydrogen-bond donors (Lipinski definition) is 0. The monoisotopic (exact) mass is 471 g/mol. The Morgan fingerprint density at radius 3 is 2.33 bits per heavy atom. The second-order valence-electron chi connectivity index (χ2n) is 7.52. The third-order valence-corrected chi connectivity index (χ3v) is 6.44. The predicted octanol–water partition coefficient (Wildman–Crippen LogP) is 6.74. The van der Waals surface area contributed by atoms with Crippen molar-refractivity contribution in [1.29, 1.82) is 0 Å². The van der Waals surface area contributed by atoms with Gasteiger partial charge in [-0.2, -0.15) is 5.10 Å². The number of halogens is 1. The summed E-state index contributed by atoms with van der Waals surface area (Å²) in [5.74, 6) is -0.339. The number of anilines is 1. The molecule has 2 heterocycles. The van der Waals surface area contributed by atoms with Gasteiger partial charge in [0.1, 0.15) is 0 Å². The smallest absolute Gasteiger partial charge is 0.268 e. The maximum Gasteiger partial charge on any atom is 0.298 e. The molecule has 3 aromatic carbocycles. The van der Waals surface area contributed by atoms with Crippen LogP contribution in [0.4, 0.5) is 10.5 Å². The maximum absolute atomic E-state index is 13.2. The Hall–Kier alpha value is -3.61. The molecular weight excluding hydrogens is 454 g/mol. The van der Waals surface area contributed by atoms with Crippen LogP contribution in [0.25, 0.3) is 23.0 Å². The highest BCUT2D eigenvalue weighted by atomic mass is 35.5. The average Bonchev–Trinajstić information content (AvgIpc) is 3.36. The number of rotatable bonds is 4. The fourth-order valence-corrected chi connectivity index (χ4v) is 4.62. The summed E-state index contributed by atoms with van der Waals surface area (Å²) in [5, 5.41) is 5.08. The molecule has 0 unspecified atom stereocenters. The molecule has 5 rings (SSSR count). The number of benzene rings is 3. The standard InChI is InChI=1S/C26H18ClN3O2S/c1-17-7-5-6-10-22(17)30-25(31)23(33-26(30)32)15-19-16-29(21-8-3-2-4-9-21)28-24(19)18-11-13-20(27)14-12-18/h2-16H,1H3/b23-15-. The molecule has 0 bridgehead atoms. The van der Waals surface area contributed by atoms with Gasteiger partial charge in [0.25, 0.3) is 11.1 Å². The third-order valence-electron chi connectivity index (χ3n) is 5.32. The molecule has 2 amide bonds. The summed E-state index contributed by atoms with van der Waals surface area (Å²) in [5.41, 5.74) is 4.63. The number of thioether (sulfide) groups is 1. The summed E-state index contributed by atoms with van der Waals surface area (Å²) in [6, 6.07) is 24.4. The van der Waals surface area contributed by atoms with E-state index in [1.807, 2.05) is 73.8 Å².